The maximum absolute atomic E-state index is 12.6. The monoisotopic (exact) mass is 505 g/mol. The number of hydrogen-bond donors (Lipinski definition) is 1. The topological polar surface area (TPSA) is 60.7 Å². The number of benzene rings is 4. The van der Waals surface area contributed by atoms with E-state index in [0.717, 1.165) is 22.0 Å². The Kier molecular flexibility index (Phi) is 6.48. The number of rotatable bonds is 8. The Morgan fingerprint density at radius 1 is 0.838 bits per heavy atom. The van der Waals surface area contributed by atoms with E-state index >= 15 is 0 Å². The first kappa shape index (κ1) is 24.2. The van der Waals surface area contributed by atoms with E-state index in [4.69, 9.17) is 4.74 Å². The molecule has 5 nitrogen and oxygen atoms in total. The number of carboxylic acid groups (broad SMARTS) is 1. The first-order chi connectivity index (χ1) is 17.8. The Morgan fingerprint density at radius 2 is 1.51 bits per heavy atom. The van der Waals surface area contributed by atoms with Crippen LogP contribution in [0.4, 0.5) is 13.2 Å². The first-order valence-electron chi connectivity index (χ1n) is 11.6. The summed E-state index contributed by atoms with van der Waals surface area (Å²) in [6.45, 7) is 0.751. The number of alkyl halides is 3. The van der Waals surface area contributed by atoms with Crippen molar-refractivity contribution in [3.05, 3.63) is 96.7 Å². The third-order valence-corrected chi connectivity index (χ3v) is 6.08. The molecule has 0 aliphatic heterocycles. The third kappa shape index (κ3) is 5.09. The Balaban J connectivity index is 1.43. The van der Waals surface area contributed by atoms with Crippen LogP contribution in [0.3, 0.4) is 0 Å². The molecule has 1 N–H and O–H groups in total. The van der Waals surface area contributed by atoms with E-state index < -0.39 is 12.3 Å². The summed E-state index contributed by atoms with van der Waals surface area (Å²) in [5.74, 6) is -0.741. The molecule has 188 valence electrons. The van der Waals surface area contributed by atoms with Gasteiger partial charge in [0.15, 0.2) is 0 Å². The van der Waals surface area contributed by atoms with E-state index in [0.29, 0.717) is 36.1 Å². The lowest BCUT2D eigenvalue weighted by Gasteiger charge is -2.12. The van der Waals surface area contributed by atoms with E-state index in [1.165, 1.54) is 24.3 Å². The van der Waals surface area contributed by atoms with Gasteiger partial charge in [0.2, 0.25) is 0 Å². The van der Waals surface area contributed by atoms with Gasteiger partial charge < -0.3 is 19.1 Å². The van der Waals surface area contributed by atoms with Crippen LogP contribution < -0.4 is 9.47 Å². The van der Waals surface area contributed by atoms with Crippen LogP contribution in [0.15, 0.2) is 91.0 Å². The van der Waals surface area contributed by atoms with Gasteiger partial charge >= 0.3 is 12.3 Å². The molecule has 0 saturated carbocycles. The summed E-state index contributed by atoms with van der Waals surface area (Å²) in [5, 5.41) is 12.9. The number of nitrogens with zero attached hydrogens (tertiary/aromatic N) is 1. The summed E-state index contributed by atoms with van der Waals surface area (Å²) in [6.07, 6.45) is -4.27. The van der Waals surface area contributed by atoms with Crippen LogP contribution >= 0.6 is 0 Å². The molecule has 0 amide bonds. The SMILES string of the molecule is O=C(O)c1c(-c2ccc(OC(F)(F)F)cc2)c2ccccc2n1CCCOc1cccc2ccccc12. The Bertz CT molecular complexity index is 1570. The Hall–Kier alpha value is -4.46. The van der Waals surface area contributed by atoms with E-state index in [-0.39, 0.29) is 11.4 Å². The van der Waals surface area contributed by atoms with Gasteiger partial charge in [0.1, 0.15) is 17.2 Å². The molecule has 5 rings (SSSR count). The minimum absolute atomic E-state index is 0.0656. The van der Waals surface area contributed by atoms with Crippen LogP contribution in [-0.4, -0.2) is 28.6 Å². The summed E-state index contributed by atoms with van der Waals surface area (Å²) in [4.78, 5) is 12.4. The standard InChI is InChI=1S/C29H22F3NO4/c30-29(31,32)37-21-15-13-20(14-16-21)26-23-10-3-4-11-24(23)33(27(26)28(34)35)17-6-18-36-25-12-5-8-19-7-1-2-9-22(19)25/h1-5,7-16H,6,17-18H2,(H,34,35). The number of para-hydroxylation sites is 1. The van der Waals surface area contributed by atoms with Gasteiger partial charge in [0.05, 0.1) is 6.61 Å². The van der Waals surface area contributed by atoms with Crippen LogP contribution in [0.2, 0.25) is 0 Å². The molecule has 0 fully saturated rings. The summed E-state index contributed by atoms with van der Waals surface area (Å²) in [6, 6.07) is 26.2. The molecule has 0 bridgehead atoms. The summed E-state index contributed by atoms with van der Waals surface area (Å²) < 4.78 is 49.4. The summed E-state index contributed by atoms with van der Waals surface area (Å²) >= 11 is 0. The summed E-state index contributed by atoms with van der Waals surface area (Å²) in [5.41, 5.74) is 1.71. The molecule has 1 heterocycles. The van der Waals surface area contributed by atoms with Crippen molar-refractivity contribution in [3.63, 3.8) is 0 Å². The highest BCUT2D eigenvalue weighted by molar-refractivity contribution is 6.08. The van der Waals surface area contributed by atoms with Gasteiger partial charge in [-0.25, -0.2) is 4.79 Å². The Morgan fingerprint density at radius 3 is 2.24 bits per heavy atom. The van der Waals surface area contributed by atoms with Gasteiger partial charge in [-0.05, 0) is 41.6 Å². The summed E-state index contributed by atoms with van der Waals surface area (Å²) in [7, 11) is 0. The highest BCUT2D eigenvalue weighted by Crippen LogP contribution is 2.37. The van der Waals surface area contributed by atoms with Crippen LogP contribution in [-0.2, 0) is 6.54 Å². The smallest absolute Gasteiger partial charge is 0.493 e. The predicted molar refractivity (Wildman–Crippen MR) is 135 cm³/mol. The Labute approximate surface area is 210 Å². The average molecular weight is 505 g/mol. The van der Waals surface area contributed by atoms with Gasteiger partial charge in [0, 0.05) is 28.4 Å². The van der Waals surface area contributed by atoms with Crippen molar-refractivity contribution in [2.75, 3.05) is 6.61 Å². The lowest BCUT2D eigenvalue weighted by Crippen LogP contribution is -2.17. The predicted octanol–water partition coefficient (Wildman–Crippen LogP) is 7.53. The van der Waals surface area contributed by atoms with Crippen molar-refractivity contribution in [2.24, 2.45) is 0 Å². The second-order valence-electron chi connectivity index (χ2n) is 8.45. The number of hydrogen-bond acceptors (Lipinski definition) is 3. The molecule has 8 heteroatoms. The number of carboxylic acids is 1. The molecule has 5 aromatic rings. The van der Waals surface area contributed by atoms with Gasteiger partial charge in [-0.2, -0.15) is 0 Å². The number of aromatic carboxylic acids is 1. The second kappa shape index (κ2) is 9.89. The average Bonchev–Trinajstić information content (AvgIpc) is 3.21. The van der Waals surface area contributed by atoms with Crippen molar-refractivity contribution in [1.82, 2.24) is 4.57 Å². The molecule has 0 aliphatic carbocycles. The van der Waals surface area contributed by atoms with E-state index in [9.17, 15) is 23.1 Å². The molecule has 0 atom stereocenters. The number of halogens is 3. The first-order valence-corrected chi connectivity index (χ1v) is 11.6. The highest BCUT2D eigenvalue weighted by Gasteiger charge is 2.31. The number of carbonyl (C=O) groups is 1. The second-order valence-corrected chi connectivity index (χ2v) is 8.45. The van der Waals surface area contributed by atoms with Gasteiger partial charge in [0.25, 0.3) is 0 Å². The third-order valence-electron chi connectivity index (χ3n) is 6.08. The fourth-order valence-corrected chi connectivity index (χ4v) is 4.60. The molecule has 0 aliphatic rings. The van der Waals surface area contributed by atoms with Crippen LogP contribution in [0, 0.1) is 0 Å². The molecule has 1 aromatic heterocycles. The molecule has 4 aromatic carbocycles. The minimum atomic E-state index is -4.81. The van der Waals surface area contributed by atoms with Crippen molar-refractivity contribution < 1.29 is 32.5 Å². The normalized spacial score (nSPS) is 11.6. The number of aryl methyl sites for hydroxylation is 1. The maximum atomic E-state index is 12.6. The zero-order chi connectivity index (χ0) is 26.0. The maximum Gasteiger partial charge on any atom is 0.573 e. The van der Waals surface area contributed by atoms with E-state index in [1.807, 2.05) is 54.6 Å². The van der Waals surface area contributed by atoms with Crippen molar-refractivity contribution in [2.45, 2.75) is 19.3 Å². The van der Waals surface area contributed by atoms with Crippen LogP contribution in [0.5, 0.6) is 11.5 Å². The van der Waals surface area contributed by atoms with Crippen LogP contribution in [0.1, 0.15) is 16.9 Å². The zero-order valence-electron chi connectivity index (χ0n) is 19.5. The zero-order valence-corrected chi connectivity index (χ0v) is 19.5. The molecule has 0 saturated heterocycles. The molecular weight excluding hydrogens is 483 g/mol. The van der Waals surface area contributed by atoms with E-state index in [2.05, 4.69) is 4.74 Å². The number of fused-ring (bicyclic) bond motifs is 2. The lowest BCUT2D eigenvalue weighted by molar-refractivity contribution is -0.274. The van der Waals surface area contributed by atoms with E-state index in [1.54, 1.807) is 16.7 Å². The van der Waals surface area contributed by atoms with Gasteiger partial charge in [-0.3, -0.25) is 0 Å². The molecule has 37 heavy (non-hydrogen) atoms. The lowest BCUT2D eigenvalue weighted by atomic mass is 10.0. The van der Waals surface area contributed by atoms with Gasteiger partial charge in [-0.15, -0.1) is 13.2 Å². The minimum Gasteiger partial charge on any atom is -0.493 e. The number of ether oxygens (including phenoxy) is 2. The highest BCUT2D eigenvalue weighted by atomic mass is 19.4. The van der Waals surface area contributed by atoms with Crippen molar-refractivity contribution in [1.29, 1.82) is 0 Å². The van der Waals surface area contributed by atoms with Crippen LogP contribution in [0.25, 0.3) is 32.8 Å². The molecule has 0 spiro atoms. The number of aromatic nitrogens is 1. The van der Waals surface area contributed by atoms with Crippen molar-refractivity contribution >= 4 is 27.6 Å². The van der Waals surface area contributed by atoms with Gasteiger partial charge in [-0.1, -0.05) is 66.7 Å². The fraction of sp³-hybridized carbons (Fsp3) is 0.138. The molecule has 0 radical (unpaired) electrons. The quantitative estimate of drug-likeness (QED) is 0.222. The molecule has 0 unspecified atom stereocenters. The molecular formula is C29H22F3NO4. The largest absolute Gasteiger partial charge is 0.573 e. The van der Waals surface area contributed by atoms with Crippen molar-refractivity contribution in [3.8, 4) is 22.6 Å². The fourth-order valence-electron chi connectivity index (χ4n) is 4.60.